The summed E-state index contributed by atoms with van der Waals surface area (Å²) in [6.07, 6.45) is 8.89. The maximum atomic E-state index is 12.2. The maximum Gasteiger partial charge on any atom is 0.271 e. The summed E-state index contributed by atoms with van der Waals surface area (Å²) in [6, 6.07) is 7.64. The van der Waals surface area contributed by atoms with Crippen molar-refractivity contribution in [2.75, 3.05) is 0 Å². The third-order valence-corrected chi connectivity index (χ3v) is 5.07. The Morgan fingerprint density at radius 1 is 1.14 bits per heavy atom. The van der Waals surface area contributed by atoms with Crippen LogP contribution in [0.1, 0.15) is 60.9 Å². The zero-order valence-corrected chi connectivity index (χ0v) is 12.8. The second-order valence-electron chi connectivity index (χ2n) is 6.48. The summed E-state index contributed by atoms with van der Waals surface area (Å²) >= 11 is 0. The van der Waals surface area contributed by atoms with E-state index in [0.717, 1.165) is 30.2 Å². The van der Waals surface area contributed by atoms with Gasteiger partial charge < -0.3 is 0 Å². The number of aryl methyl sites for hydroxylation is 1. The quantitative estimate of drug-likeness (QED) is 0.817. The van der Waals surface area contributed by atoms with E-state index in [0.29, 0.717) is 5.56 Å². The number of hydrogen-bond donors (Lipinski definition) is 1. The third-order valence-electron chi connectivity index (χ3n) is 5.07. The smallest absolute Gasteiger partial charge is 0.267 e. The molecule has 0 spiro atoms. The monoisotopic (exact) mass is 284 g/mol. The van der Waals surface area contributed by atoms with Crippen molar-refractivity contribution in [2.45, 2.75) is 51.9 Å². The molecule has 2 aliphatic carbocycles. The van der Waals surface area contributed by atoms with E-state index in [1.807, 2.05) is 31.2 Å². The SMILES string of the molecule is Cc1ccccc1C(=O)N/N=C1/CC[C@@H]2CCCC[C@H]2C1. The number of carbonyl (C=O) groups excluding carboxylic acids is 1. The predicted octanol–water partition coefficient (Wildman–Crippen LogP) is 4.07. The van der Waals surface area contributed by atoms with E-state index in [4.69, 9.17) is 0 Å². The number of fused-ring (bicyclic) bond motifs is 1. The summed E-state index contributed by atoms with van der Waals surface area (Å²) in [7, 11) is 0. The van der Waals surface area contributed by atoms with Crippen LogP contribution >= 0.6 is 0 Å². The summed E-state index contributed by atoms with van der Waals surface area (Å²) in [5.74, 6) is 1.62. The third kappa shape index (κ3) is 3.34. The molecule has 0 aromatic heterocycles. The molecule has 1 aromatic rings. The second-order valence-corrected chi connectivity index (χ2v) is 6.48. The molecule has 1 amide bonds. The minimum atomic E-state index is -0.0913. The molecule has 2 aliphatic rings. The van der Waals surface area contributed by atoms with Crippen LogP contribution in [0.5, 0.6) is 0 Å². The minimum Gasteiger partial charge on any atom is -0.267 e. The van der Waals surface area contributed by atoms with Gasteiger partial charge in [0.2, 0.25) is 0 Å². The molecule has 1 aromatic carbocycles. The van der Waals surface area contributed by atoms with Crippen molar-refractivity contribution < 1.29 is 4.79 Å². The normalized spacial score (nSPS) is 27.2. The van der Waals surface area contributed by atoms with Gasteiger partial charge in [-0.25, -0.2) is 5.43 Å². The molecular formula is C18H24N2O. The van der Waals surface area contributed by atoms with Gasteiger partial charge in [0, 0.05) is 11.3 Å². The Morgan fingerprint density at radius 2 is 1.90 bits per heavy atom. The van der Waals surface area contributed by atoms with Gasteiger partial charge in [0.05, 0.1) is 0 Å². The molecule has 21 heavy (non-hydrogen) atoms. The van der Waals surface area contributed by atoms with E-state index >= 15 is 0 Å². The predicted molar refractivity (Wildman–Crippen MR) is 85.4 cm³/mol. The number of carbonyl (C=O) groups is 1. The van der Waals surface area contributed by atoms with Crippen molar-refractivity contribution in [1.82, 2.24) is 5.43 Å². The van der Waals surface area contributed by atoms with Gasteiger partial charge in [0.25, 0.3) is 5.91 Å². The number of nitrogens with zero attached hydrogens (tertiary/aromatic N) is 1. The molecule has 0 saturated heterocycles. The lowest BCUT2D eigenvalue weighted by molar-refractivity contribution is 0.0953. The van der Waals surface area contributed by atoms with E-state index in [9.17, 15) is 4.79 Å². The van der Waals surface area contributed by atoms with Crippen LogP contribution in [-0.2, 0) is 0 Å². The average molecular weight is 284 g/mol. The minimum absolute atomic E-state index is 0.0913. The first kappa shape index (κ1) is 14.3. The van der Waals surface area contributed by atoms with Crippen LogP contribution in [0.3, 0.4) is 0 Å². The molecule has 112 valence electrons. The van der Waals surface area contributed by atoms with Gasteiger partial charge in [-0.3, -0.25) is 4.79 Å². The molecule has 0 bridgehead atoms. The Kier molecular flexibility index (Phi) is 4.37. The Morgan fingerprint density at radius 3 is 2.71 bits per heavy atom. The van der Waals surface area contributed by atoms with Crippen molar-refractivity contribution >= 4 is 11.6 Å². The summed E-state index contributed by atoms with van der Waals surface area (Å²) in [6.45, 7) is 1.95. The van der Waals surface area contributed by atoms with E-state index in [1.54, 1.807) is 0 Å². The first-order chi connectivity index (χ1) is 10.2. The highest BCUT2D eigenvalue weighted by molar-refractivity contribution is 5.96. The number of nitrogens with one attached hydrogen (secondary N) is 1. The summed E-state index contributed by atoms with van der Waals surface area (Å²) < 4.78 is 0. The maximum absolute atomic E-state index is 12.2. The van der Waals surface area contributed by atoms with Crippen molar-refractivity contribution in [3.05, 3.63) is 35.4 Å². The molecule has 0 unspecified atom stereocenters. The number of hydrogen-bond acceptors (Lipinski definition) is 2. The van der Waals surface area contributed by atoms with Gasteiger partial charge in [0.1, 0.15) is 0 Å². The van der Waals surface area contributed by atoms with Gasteiger partial charge in [-0.15, -0.1) is 0 Å². The molecule has 0 aliphatic heterocycles. The van der Waals surface area contributed by atoms with Crippen LogP contribution in [0, 0.1) is 18.8 Å². The highest BCUT2D eigenvalue weighted by atomic mass is 16.2. The molecule has 2 atom stereocenters. The second kappa shape index (κ2) is 6.42. The Bertz CT molecular complexity index is 550. The lowest BCUT2D eigenvalue weighted by Gasteiger charge is -2.35. The molecule has 3 heteroatoms. The first-order valence-electron chi connectivity index (χ1n) is 8.15. The van der Waals surface area contributed by atoms with Gasteiger partial charge in [-0.05, 0) is 56.1 Å². The molecule has 0 heterocycles. The summed E-state index contributed by atoms with van der Waals surface area (Å²) in [4.78, 5) is 12.2. The summed E-state index contributed by atoms with van der Waals surface area (Å²) in [5.41, 5.74) is 5.64. The molecule has 2 saturated carbocycles. The van der Waals surface area contributed by atoms with Crippen molar-refractivity contribution in [2.24, 2.45) is 16.9 Å². The van der Waals surface area contributed by atoms with Crippen molar-refractivity contribution in [3.63, 3.8) is 0 Å². The number of rotatable bonds is 2. The van der Waals surface area contributed by atoms with Gasteiger partial charge in [-0.2, -0.15) is 5.10 Å². The largest absolute Gasteiger partial charge is 0.271 e. The Labute approximate surface area is 126 Å². The molecule has 2 fully saturated rings. The van der Waals surface area contributed by atoms with Crippen molar-refractivity contribution in [1.29, 1.82) is 0 Å². The number of hydrazone groups is 1. The zero-order valence-electron chi connectivity index (χ0n) is 12.8. The Hall–Kier alpha value is -1.64. The van der Waals surface area contributed by atoms with E-state index < -0.39 is 0 Å². The fraction of sp³-hybridized carbons (Fsp3) is 0.556. The molecule has 0 radical (unpaired) electrons. The molecule has 3 rings (SSSR count). The van der Waals surface area contributed by atoms with Crippen LogP contribution < -0.4 is 5.43 Å². The highest BCUT2D eigenvalue weighted by Crippen LogP contribution is 2.39. The lowest BCUT2D eigenvalue weighted by atomic mass is 9.70. The fourth-order valence-corrected chi connectivity index (χ4v) is 3.81. The van der Waals surface area contributed by atoms with Gasteiger partial charge >= 0.3 is 0 Å². The van der Waals surface area contributed by atoms with E-state index in [1.165, 1.54) is 37.8 Å². The van der Waals surface area contributed by atoms with Crippen LogP contribution in [0.25, 0.3) is 0 Å². The number of amides is 1. The average Bonchev–Trinajstić information content (AvgIpc) is 2.53. The fourth-order valence-electron chi connectivity index (χ4n) is 3.81. The Balaban J connectivity index is 1.61. The zero-order chi connectivity index (χ0) is 14.7. The van der Waals surface area contributed by atoms with Crippen LogP contribution in [0.15, 0.2) is 29.4 Å². The molecule has 3 nitrogen and oxygen atoms in total. The van der Waals surface area contributed by atoms with Crippen LogP contribution in [0.4, 0.5) is 0 Å². The number of benzene rings is 1. The topological polar surface area (TPSA) is 41.5 Å². The van der Waals surface area contributed by atoms with Crippen LogP contribution in [0.2, 0.25) is 0 Å². The van der Waals surface area contributed by atoms with E-state index in [-0.39, 0.29) is 5.91 Å². The standard InChI is InChI=1S/C18H24N2O/c1-13-6-2-5-9-17(13)18(21)20-19-16-11-10-14-7-3-4-8-15(14)12-16/h2,5-6,9,14-15H,3-4,7-8,10-12H2,1H3,(H,20,21)/b19-16-/t14-,15-/m0/s1. The van der Waals surface area contributed by atoms with Gasteiger partial charge in [-0.1, -0.05) is 37.5 Å². The van der Waals surface area contributed by atoms with Crippen LogP contribution in [-0.4, -0.2) is 11.6 Å². The molecule has 1 N–H and O–H groups in total. The summed E-state index contributed by atoms with van der Waals surface area (Å²) in [5, 5.41) is 4.41. The van der Waals surface area contributed by atoms with E-state index in [2.05, 4.69) is 10.5 Å². The van der Waals surface area contributed by atoms with Gasteiger partial charge in [0.15, 0.2) is 0 Å². The molecular weight excluding hydrogens is 260 g/mol. The first-order valence-corrected chi connectivity index (χ1v) is 8.15. The highest BCUT2D eigenvalue weighted by Gasteiger charge is 2.30. The lowest BCUT2D eigenvalue weighted by Crippen LogP contribution is -2.29. The van der Waals surface area contributed by atoms with Crippen molar-refractivity contribution in [3.8, 4) is 0 Å².